The van der Waals surface area contributed by atoms with Crippen LogP contribution in [0.25, 0.3) is 48.9 Å². The fourth-order valence-corrected chi connectivity index (χ4v) is 4.62. The topological polar surface area (TPSA) is 17.0 Å². The quantitative estimate of drug-likeness (QED) is 0.340. The minimum absolute atomic E-state index is 0.282. The van der Waals surface area contributed by atoms with Gasteiger partial charge in [0.2, 0.25) is 0 Å². The van der Waals surface area contributed by atoms with E-state index in [0.717, 1.165) is 0 Å². The fraction of sp³-hybridized carbons (Fsp3) is 0.0769. The number of benzene rings is 4. The van der Waals surface area contributed by atoms with Gasteiger partial charge in [-0.05, 0) is 75.8 Å². The Balaban J connectivity index is 1.78. The molecule has 0 aliphatic carbocycles. The Labute approximate surface area is 163 Å². The van der Waals surface area contributed by atoms with E-state index in [1.165, 1.54) is 48.9 Å². The summed E-state index contributed by atoms with van der Waals surface area (Å²) in [6.07, 6.45) is 8.47. The van der Waals surface area contributed by atoms with Crippen LogP contribution in [0, 0.1) is 0 Å². The number of nitrogens with zero attached hydrogens (tertiary/aromatic N) is 1. The van der Waals surface area contributed by atoms with Crippen LogP contribution in [0.5, 0.6) is 0 Å². The van der Waals surface area contributed by atoms with Gasteiger partial charge in [0.25, 0.3) is 0 Å². The average molecular weight is 360 g/mol. The van der Waals surface area contributed by atoms with Gasteiger partial charge in [-0.2, -0.15) is 0 Å². The average Bonchev–Trinajstić information content (AvgIpc) is 3.16. The molecule has 4 aromatic carbocycles. The first-order valence-electron chi connectivity index (χ1n) is 9.79. The highest BCUT2D eigenvalue weighted by molar-refractivity contribution is 6.27. The smallest absolute Gasteiger partial charge is 0.0635 e. The lowest BCUT2D eigenvalue weighted by Gasteiger charge is -2.21. The van der Waals surface area contributed by atoms with Crippen molar-refractivity contribution in [1.29, 1.82) is 0 Å². The van der Waals surface area contributed by atoms with Gasteiger partial charge >= 0.3 is 0 Å². The maximum absolute atomic E-state index is 3.41. The van der Waals surface area contributed by atoms with Crippen LogP contribution in [0.1, 0.15) is 6.92 Å². The predicted molar refractivity (Wildman–Crippen MR) is 120 cm³/mol. The van der Waals surface area contributed by atoms with Gasteiger partial charge in [0.05, 0.1) is 11.6 Å². The summed E-state index contributed by atoms with van der Waals surface area (Å²) in [4.78, 5) is 0. The molecule has 0 amide bonds. The van der Waals surface area contributed by atoms with Crippen molar-refractivity contribution in [2.45, 2.75) is 13.0 Å². The van der Waals surface area contributed by atoms with Crippen molar-refractivity contribution in [3.8, 4) is 0 Å². The van der Waals surface area contributed by atoms with Crippen molar-refractivity contribution in [3.63, 3.8) is 0 Å². The predicted octanol–water partition coefficient (Wildman–Crippen LogP) is 6.45. The molecule has 2 heterocycles. The molecule has 1 N–H and O–H groups in total. The van der Waals surface area contributed by atoms with Gasteiger partial charge in [-0.3, -0.25) is 0 Å². The van der Waals surface area contributed by atoms with E-state index in [1.807, 2.05) is 6.20 Å². The molecule has 0 saturated heterocycles. The van der Waals surface area contributed by atoms with Crippen LogP contribution in [0.3, 0.4) is 0 Å². The monoisotopic (exact) mass is 360 g/mol. The minimum Gasteiger partial charge on any atom is -0.383 e. The van der Waals surface area contributed by atoms with E-state index in [0.29, 0.717) is 0 Å². The lowest BCUT2D eigenvalue weighted by Crippen LogP contribution is -2.26. The van der Waals surface area contributed by atoms with Crippen molar-refractivity contribution in [3.05, 3.63) is 91.3 Å². The van der Waals surface area contributed by atoms with Crippen molar-refractivity contribution < 1.29 is 0 Å². The Morgan fingerprint density at radius 2 is 1.36 bits per heavy atom. The highest BCUT2D eigenvalue weighted by atomic mass is 15.0. The summed E-state index contributed by atoms with van der Waals surface area (Å²) in [7, 11) is 0. The summed E-state index contributed by atoms with van der Waals surface area (Å²) >= 11 is 0. The summed E-state index contributed by atoms with van der Waals surface area (Å²) in [5.41, 5.74) is 2.52. The van der Waals surface area contributed by atoms with Gasteiger partial charge in [-0.15, -0.1) is 0 Å². The second kappa shape index (κ2) is 5.74. The SMILES string of the molecule is CC1NC=CC=C1n1ccc2cc3c4ccccc4c4ccccc4c3cc21. The molecule has 0 saturated carbocycles. The Morgan fingerprint density at radius 3 is 2.00 bits per heavy atom. The minimum atomic E-state index is 0.282. The molecular weight excluding hydrogens is 340 g/mol. The van der Waals surface area contributed by atoms with E-state index < -0.39 is 0 Å². The summed E-state index contributed by atoms with van der Waals surface area (Å²) in [5.74, 6) is 0. The highest BCUT2D eigenvalue weighted by Gasteiger charge is 2.15. The summed E-state index contributed by atoms with van der Waals surface area (Å²) in [6.45, 7) is 2.20. The molecule has 134 valence electrons. The number of dihydropyridines is 1. The molecular formula is C26H20N2. The van der Waals surface area contributed by atoms with Crippen LogP contribution >= 0.6 is 0 Å². The first kappa shape index (κ1) is 15.5. The molecule has 0 spiro atoms. The fourth-order valence-electron chi connectivity index (χ4n) is 4.62. The second-order valence-corrected chi connectivity index (χ2v) is 7.57. The first-order chi connectivity index (χ1) is 13.8. The summed E-state index contributed by atoms with van der Waals surface area (Å²) in [5, 5.41) is 12.6. The Morgan fingerprint density at radius 1 is 0.750 bits per heavy atom. The van der Waals surface area contributed by atoms with E-state index in [2.05, 4.69) is 102 Å². The van der Waals surface area contributed by atoms with Crippen molar-refractivity contribution >= 4 is 48.9 Å². The molecule has 28 heavy (non-hydrogen) atoms. The Hall–Kier alpha value is -3.52. The molecule has 5 aromatic rings. The first-order valence-corrected chi connectivity index (χ1v) is 9.79. The van der Waals surface area contributed by atoms with Gasteiger partial charge in [0, 0.05) is 17.3 Å². The van der Waals surface area contributed by atoms with Gasteiger partial charge in [0.1, 0.15) is 0 Å². The van der Waals surface area contributed by atoms with E-state index in [9.17, 15) is 0 Å². The zero-order valence-corrected chi connectivity index (χ0v) is 15.7. The lowest BCUT2D eigenvalue weighted by molar-refractivity contribution is 0.745. The molecule has 1 atom stereocenters. The largest absolute Gasteiger partial charge is 0.383 e. The van der Waals surface area contributed by atoms with Gasteiger partial charge in [-0.25, -0.2) is 0 Å². The highest BCUT2D eigenvalue weighted by Crippen LogP contribution is 2.37. The maximum atomic E-state index is 3.41. The third-order valence-electron chi connectivity index (χ3n) is 5.99. The van der Waals surface area contributed by atoms with E-state index in [4.69, 9.17) is 0 Å². The van der Waals surface area contributed by atoms with Crippen molar-refractivity contribution in [2.75, 3.05) is 0 Å². The van der Waals surface area contributed by atoms with E-state index in [1.54, 1.807) is 0 Å². The third kappa shape index (κ3) is 2.09. The van der Waals surface area contributed by atoms with E-state index >= 15 is 0 Å². The van der Waals surface area contributed by atoms with Crippen LogP contribution in [0.4, 0.5) is 0 Å². The number of hydrogen-bond acceptors (Lipinski definition) is 1. The van der Waals surface area contributed by atoms with Crippen LogP contribution in [0.2, 0.25) is 0 Å². The molecule has 1 aliphatic rings. The molecule has 1 aliphatic heterocycles. The van der Waals surface area contributed by atoms with Crippen molar-refractivity contribution in [2.24, 2.45) is 0 Å². The van der Waals surface area contributed by atoms with Crippen LogP contribution in [-0.2, 0) is 0 Å². The molecule has 2 nitrogen and oxygen atoms in total. The zero-order chi connectivity index (χ0) is 18.7. The number of allylic oxidation sites excluding steroid dienone is 2. The standard InChI is InChI=1S/C26H20N2/c1-17-25(11-6-13-27-17)28-14-12-18-15-23-21-9-4-2-7-19(21)20-8-3-5-10-22(20)24(23)16-26(18)28/h2-17,27H,1H3. The molecule has 2 heteroatoms. The van der Waals surface area contributed by atoms with Gasteiger partial charge in [-0.1, -0.05) is 48.5 Å². The molecule has 0 bridgehead atoms. The van der Waals surface area contributed by atoms with E-state index in [-0.39, 0.29) is 6.04 Å². The molecule has 0 fully saturated rings. The molecule has 0 radical (unpaired) electrons. The van der Waals surface area contributed by atoms with Gasteiger partial charge < -0.3 is 9.88 Å². The van der Waals surface area contributed by atoms with Crippen LogP contribution < -0.4 is 5.32 Å². The number of fused-ring (bicyclic) bond motifs is 7. The Kier molecular flexibility index (Phi) is 3.18. The molecule has 1 aromatic heterocycles. The van der Waals surface area contributed by atoms with Gasteiger partial charge in [0.15, 0.2) is 0 Å². The third-order valence-corrected chi connectivity index (χ3v) is 5.99. The normalized spacial score (nSPS) is 16.8. The second-order valence-electron chi connectivity index (χ2n) is 7.57. The summed E-state index contributed by atoms with van der Waals surface area (Å²) < 4.78 is 2.32. The maximum Gasteiger partial charge on any atom is 0.0635 e. The molecule has 6 rings (SSSR count). The Bertz CT molecular complexity index is 1450. The number of aromatic nitrogens is 1. The zero-order valence-electron chi connectivity index (χ0n) is 15.7. The van der Waals surface area contributed by atoms with Crippen LogP contribution in [-0.4, -0.2) is 10.6 Å². The number of nitrogens with one attached hydrogen (secondary N) is 1. The number of hydrogen-bond donors (Lipinski definition) is 1. The molecule has 1 unspecified atom stereocenters. The van der Waals surface area contributed by atoms with Crippen LogP contribution in [0.15, 0.2) is 91.3 Å². The summed E-state index contributed by atoms with van der Waals surface area (Å²) in [6, 6.07) is 24.7. The van der Waals surface area contributed by atoms with Crippen molar-refractivity contribution in [1.82, 2.24) is 9.88 Å². The number of rotatable bonds is 1. The lowest BCUT2D eigenvalue weighted by atomic mass is 9.93.